The van der Waals surface area contributed by atoms with Gasteiger partial charge in [0.25, 0.3) is 9.78 Å². The number of halogens is 1. The Morgan fingerprint density at radius 1 is 1.46 bits per heavy atom. The maximum absolute atomic E-state index is 10.1. The van der Waals surface area contributed by atoms with Crippen molar-refractivity contribution in [2.45, 2.75) is 18.5 Å². The number of ether oxygens (including phenoxy) is 2. The third-order valence-electron chi connectivity index (χ3n) is 1.05. The van der Waals surface area contributed by atoms with Crippen molar-refractivity contribution in [2.24, 2.45) is 0 Å². The Hall–Kier alpha value is -0.400. The van der Waals surface area contributed by atoms with Crippen molar-refractivity contribution < 1.29 is 19.4 Å². The van der Waals surface area contributed by atoms with Crippen molar-refractivity contribution in [3.05, 3.63) is 10.1 Å². The lowest BCUT2D eigenvalue weighted by Crippen LogP contribution is -2.36. The summed E-state index contributed by atoms with van der Waals surface area (Å²) in [6, 6.07) is 0. The summed E-state index contributed by atoms with van der Waals surface area (Å²) in [7, 11) is 0. The Bertz CT molecular complexity index is 167. The minimum absolute atomic E-state index is 0.0433. The van der Waals surface area contributed by atoms with Crippen LogP contribution in [-0.2, 0) is 14.3 Å². The summed E-state index contributed by atoms with van der Waals surface area (Å²) in [5, 5.41) is 9.14. The molecule has 1 unspecified atom stereocenters. The molecule has 7 heteroatoms. The molecular formula is C6H12BrNO5. The largest absolute Gasteiger partial charge is 0.376 e. The molecule has 0 radical (unpaired) electrons. The second kappa shape index (κ2) is 6.11. The number of alkyl halides is 1. The van der Waals surface area contributed by atoms with Gasteiger partial charge in [0.2, 0.25) is 0 Å². The molecule has 0 fully saturated rings. The van der Waals surface area contributed by atoms with Gasteiger partial charge in [-0.1, -0.05) is 0 Å². The molecule has 0 aliphatic heterocycles. The highest BCUT2D eigenvalue weighted by molar-refractivity contribution is 9.10. The SMILES string of the molecule is CCOCC(Br)(OCC)O[N+](=O)[O-]. The molecule has 13 heavy (non-hydrogen) atoms. The molecule has 0 aliphatic carbocycles. The van der Waals surface area contributed by atoms with Crippen molar-refractivity contribution in [3.63, 3.8) is 0 Å². The first kappa shape index (κ1) is 12.6. The predicted molar refractivity (Wildman–Crippen MR) is 47.9 cm³/mol. The molecule has 0 rings (SSSR count). The topological polar surface area (TPSA) is 70.8 Å². The third-order valence-corrected chi connectivity index (χ3v) is 1.65. The van der Waals surface area contributed by atoms with Gasteiger partial charge in [-0.05, 0) is 29.8 Å². The van der Waals surface area contributed by atoms with Crippen molar-refractivity contribution >= 4 is 15.9 Å². The maximum atomic E-state index is 10.1. The average molecular weight is 258 g/mol. The van der Waals surface area contributed by atoms with Crippen LogP contribution in [0.25, 0.3) is 0 Å². The van der Waals surface area contributed by atoms with Gasteiger partial charge in [0.1, 0.15) is 6.61 Å². The van der Waals surface area contributed by atoms with Gasteiger partial charge in [-0.2, -0.15) is 0 Å². The van der Waals surface area contributed by atoms with E-state index in [0.29, 0.717) is 6.61 Å². The van der Waals surface area contributed by atoms with Gasteiger partial charge in [0.05, 0.1) is 0 Å². The number of nitrogens with zero attached hydrogens (tertiary/aromatic N) is 1. The lowest BCUT2D eigenvalue weighted by atomic mass is 10.6. The van der Waals surface area contributed by atoms with Crippen LogP contribution in [0.2, 0.25) is 0 Å². The monoisotopic (exact) mass is 257 g/mol. The first-order valence-corrected chi connectivity index (χ1v) is 4.57. The van der Waals surface area contributed by atoms with Gasteiger partial charge >= 0.3 is 0 Å². The zero-order chi connectivity index (χ0) is 10.3. The zero-order valence-electron chi connectivity index (χ0n) is 7.49. The first-order chi connectivity index (χ1) is 6.04. The molecule has 0 aliphatic rings. The molecule has 0 spiro atoms. The predicted octanol–water partition coefficient (Wildman–Crippen LogP) is 1.32. The van der Waals surface area contributed by atoms with Crippen LogP contribution in [-0.4, -0.2) is 29.6 Å². The molecule has 0 aromatic carbocycles. The van der Waals surface area contributed by atoms with E-state index in [1.165, 1.54) is 0 Å². The van der Waals surface area contributed by atoms with Gasteiger partial charge < -0.3 is 9.47 Å². The summed E-state index contributed by atoms with van der Waals surface area (Å²) >= 11 is 2.94. The molecule has 6 nitrogen and oxygen atoms in total. The fourth-order valence-electron chi connectivity index (χ4n) is 0.645. The normalized spacial score (nSPS) is 15.0. The maximum Gasteiger partial charge on any atom is 0.298 e. The highest BCUT2D eigenvalue weighted by Crippen LogP contribution is 2.22. The number of hydrogen-bond donors (Lipinski definition) is 0. The minimum Gasteiger partial charge on any atom is -0.376 e. The summed E-state index contributed by atoms with van der Waals surface area (Å²) in [5.41, 5.74) is 0. The minimum atomic E-state index is -1.48. The fourth-order valence-corrected chi connectivity index (χ4v) is 1.15. The zero-order valence-corrected chi connectivity index (χ0v) is 9.07. The molecule has 0 aromatic heterocycles. The third kappa shape index (κ3) is 5.78. The van der Waals surface area contributed by atoms with E-state index in [0.717, 1.165) is 0 Å². The van der Waals surface area contributed by atoms with Gasteiger partial charge in [-0.3, -0.25) is 4.84 Å². The van der Waals surface area contributed by atoms with Crippen LogP contribution in [0, 0.1) is 10.1 Å². The summed E-state index contributed by atoms with van der Waals surface area (Å²) in [6.45, 7) is 4.14. The van der Waals surface area contributed by atoms with E-state index in [2.05, 4.69) is 20.8 Å². The van der Waals surface area contributed by atoms with Gasteiger partial charge in [-0.25, -0.2) is 0 Å². The van der Waals surface area contributed by atoms with Crippen molar-refractivity contribution in [2.75, 3.05) is 19.8 Å². The molecule has 0 bridgehead atoms. The number of rotatable bonds is 7. The van der Waals surface area contributed by atoms with Gasteiger partial charge in [0.15, 0.2) is 0 Å². The van der Waals surface area contributed by atoms with E-state index in [-0.39, 0.29) is 13.2 Å². The lowest BCUT2D eigenvalue weighted by Gasteiger charge is -2.23. The first-order valence-electron chi connectivity index (χ1n) is 3.78. The quantitative estimate of drug-likeness (QED) is 0.298. The number of hydrogen-bond acceptors (Lipinski definition) is 5. The summed E-state index contributed by atoms with van der Waals surface area (Å²) in [4.78, 5) is 14.3. The molecule has 0 saturated carbocycles. The van der Waals surface area contributed by atoms with Crippen molar-refractivity contribution in [1.29, 1.82) is 0 Å². The average Bonchev–Trinajstić information content (AvgIpc) is 2.00. The fraction of sp³-hybridized carbons (Fsp3) is 1.00. The van der Waals surface area contributed by atoms with E-state index >= 15 is 0 Å². The van der Waals surface area contributed by atoms with Crippen molar-refractivity contribution in [1.82, 2.24) is 0 Å². The van der Waals surface area contributed by atoms with Crippen LogP contribution in [0.5, 0.6) is 0 Å². The molecule has 0 amide bonds. The summed E-state index contributed by atoms with van der Waals surface area (Å²) < 4.78 is 8.44. The Labute approximate surface area is 84.4 Å². The molecule has 0 heterocycles. The molecular weight excluding hydrogens is 246 g/mol. The van der Waals surface area contributed by atoms with E-state index in [1.54, 1.807) is 13.8 Å². The summed E-state index contributed by atoms with van der Waals surface area (Å²) in [5.74, 6) is 0. The second-order valence-corrected chi connectivity index (χ2v) is 3.25. The van der Waals surface area contributed by atoms with Gasteiger partial charge in [-0.15, -0.1) is 10.1 Å². The standard InChI is InChI=1S/C6H12BrNO5/c1-3-11-5-6(7,12-4-2)13-8(9)10/h3-5H2,1-2H3. The highest BCUT2D eigenvalue weighted by atomic mass is 79.9. The van der Waals surface area contributed by atoms with Crippen LogP contribution in [0.1, 0.15) is 13.8 Å². The Kier molecular flexibility index (Phi) is 5.93. The van der Waals surface area contributed by atoms with Crippen molar-refractivity contribution in [3.8, 4) is 0 Å². The van der Waals surface area contributed by atoms with E-state index in [4.69, 9.17) is 9.47 Å². The van der Waals surface area contributed by atoms with Crippen LogP contribution in [0.3, 0.4) is 0 Å². The van der Waals surface area contributed by atoms with Crippen LogP contribution in [0.4, 0.5) is 0 Å². The van der Waals surface area contributed by atoms with E-state index in [9.17, 15) is 10.1 Å². The highest BCUT2D eigenvalue weighted by Gasteiger charge is 2.32. The molecule has 0 saturated heterocycles. The van der Waals surface area contributed by atoms with Crippen LogP contribution >= 0.6 is 15.9 Å². The smallest absolute Gasteiger partial charge is 0.298 e. The van der Waals surface area contributed by atoms with E-state index in [1.807, 2.05) is 0 Å². The molecule has 0 aromatic rings. The van der Waals surface area contributed by atoms with E-state index < -0.39 is 9.78 Å². The molecule has 1 atom stereocenters. The Morgan fingerprint density at radius 2 is 2.08 bits per heavy atom. The molecule has 78 valence electrons. The lowest BCUT2D eigenvalue weighted by molar-refractivity contribution is -0.785. The van der Waals surface area contributed by atoms with Crippen LogP contribution < -0.4 is 0 Å². The Morgan fingerprint density at radius 3 is 2.46 bits per heavy atom. The Balaban J connectivity index is 4.06. The molecule has 0 N–H and O–H groups in total. The van der Waals surface area contributed by atoms with Gasteiger partial charge in [0, 0.05) is 13.2 Å². The summed E-state index contributed by atoms with van der Waals surface area (Å²) in [6.07, 6.45) is 0. The van der Waals surface area contributed by atoms with Crippen LogP contribution in [0.15, 0.2) is 0 Å². The second-order valence-electron chi connectivity index (χ2n) is 2.04.